The molecule has 0 spiro atoms. The highest BCUT2D eigenvalue weighted by Crippen LogP contribution is 2.45. The molecule has 0 aliphatic heterocycles. The van der Waals surface area contributed by atoms with Gasteiger partial charge in [0, 0.05) is 25.7 Å². The molecular weight excluding hydrogens is 1370 g/mol. The number of carbonyl (C=O) groups excluding carboxylic acids is 4. The van der Waals surface area contributed by atoms with Crippen molar-refractivity contribution in [1.82, 2.24) is 0 Å². The standard InChI is InChI=1S/C86H168O17P2/c1-8-10-11-12-13-14-15-16-23-31-36-41-46-55-62-70-86(91)103-82(74-97-84(89)68-61-54-49-48-51-58-65-78(5)6)76-101-105(94,95)99-72-80(87)71-98-104(92,93)100-75-81(73-96-83(88)67-60-53-45-40-35-30-26-22-21-24-28-33-38-43-50-57-64-77(3)4)102-85(90)69-63-56-47-42-37-32-27-20-18-17-19-25-29-34-39-44-52-59-66-79(7)9-2/h77-82,87H,8-76H2,1-7H3,(H,92,93)(H,94,95)/t79?,80-,81-,82-/m1/s1. The van der Waals surface area contributed by atoms with Crippen LogP contribution in [-0.4, -0.2) is 96.7 Å². The van der Waals surface area contributed by atoms with Crippen LogP contribution < -0.4 is 0 Å². The Morgan fingerprint density at radius 2 is 0.486 bits per heavy atom. The Hall–Kier alpha value is -1.94. The molecule has 0 fully saturated rings. The lowest BCUT2D eigenvalue weighted by Gasteiger charge is -2.21. The normalized spacial score (nSPS) is 14.1. The average molecular weight is 1540 g/mol. The highest BCUT2D eigenvalue weighted by Gasteiger charge is 2.30. The average Bonchev–Trinajstić information content (AvgIpc) is 0.922. The number of aliphatic hydroxyl groups excluding tert-OH is 1. The topological polar surface area (TPSA) is 237 Å². The van der Waals surface area contributed by atoms with Crippen LogP contribution in [0, 0.1) is 17.8 Å². The molecule has 0 radical (unpaired) electrons. The fraction of sp³-hybridized carbons (Fsp3) is 0.953. The molecule has 3 N–H and O–H groups in total. The molecule has 3 unspecified atom stereocenters. The Bertz CT molecular complexity index is 2030. The summed E-state index contributed by atoms with van der Waals surface area (Å²) >= 11 is 0. The molecule has 0 aliphatic rings. The van der Waals surface area contributed by atoms with Crippen LogP contribution in [0.1, 0.15) is 453 Å². The Morgan fingerprint density at radius 1 is 0.276 bits per heavy atom. The van der Waals surface area contributed by atoms with E-state index in [0.29, 0.717) is 31.6 Å². The molecule has 0 heterocycles. The zero-order chi connectivity index (χ0) is 77.2. The summed E-state index contributed by atoms with van der Waals surface area (Å²) in [6, 6.07) is 0. The van der Waals surface area contributed by atoms with Crippen LogP contribution in [0.15, 0.2) is 0 Å². The van der Waals surface area contributed by atoms with Gasteiger partial charge in [0.15, 0.2) is 12.2 Å². The van der Waals surface area contributed by atoms with Crippen molar-refractivity contribution in [2.45, 2.75) is 471 Å². The number of phosphoric ester groups is 2. The van der Waals surface area contributed by atoms with Crippen molar-refractivity contribution in [3.05, 3.63) is 0 Å². The van der Waals surface area contributed by atoms with Crippen molar-refractivity contribution < 1.29 is 80.2 Å². The quantitative estimate of drug-likeness (QED) is 0.0222. The van der Waals surface area contributed by atoms with E-state index in [0.717, 1.165) is 108 Å². The van der Waals surface area contributed by atoms with Crippen molar-refractivity contribution in [3.63, 3.8) is 0 Å². The van der Waals surface area contributed by atoms with Crippen molar-refractivity contribution >= 4 is 39.5 Å². The zero-order valence-corrected chi connectivity index (χ0v) is 71.0. The second-order valence-electron chi connectivity index (χ2n) is 32.1. The largest absolute Gasteiger partial charge is 0.472 e. The summed E-state index contributed by atoms with van der Waals surface area (Å²) in [4.78, 5) is 73.1. The van der Waals surface area contributed by atoms with Crippen molar-refractivity contribution in [1.29, 1.82) is 0 Å². The van der Waals surface area contributed by atoms with Gasteiger partial charge in [-0.15, -0.1) is 0 Å². The van der Waals surface area contributed by atoms with Gasteiger partial charge in [0.2, 0.25) is 0 Å². The molecule has 624 valence electrons. The van der Waals surface area contributed by atoms with Gasteiger partial charge >= 0.3 is 39.5 Å². The lowest BCUT2D eigenvalue weighted by atomic mass is 9.99. The number of unbranched alkanes of at least 4 members (excludes halogenated alkanes) is 51. The number of carbonyl (C=O) groups is 4. The summed E-state index contributed by atoms with van der Waals surface area (Å²) in [5.41, 5.74) is 0. The van der Waals surface area contributed by atoms with E-state index in [2.05, 4.69) is 48.5 Å². The van der Waals surface area contributed by atoms with Crippen LogP contribution in [-0.2, 0) is 65.4 Å². The van der Waals surface area contributed by atoms with Crippen LogP contribution in [0.4, 0.5) is 0 Å². The fourth-order valence-corrected chi connectivity index (χ4v) is 14.9. The van der Waals surface area contributed by atoms with Crippen LogP contribution in [0.5, 0.6) is 0 Å². The lowest BCUT2D eigenvalue weighted by molar-refractivity contribution is -0.161. The highest BCUT2D eigenvalue weighted by atomic mass is 31.2. The van der Waals surface area contributed by atoms with Gasteiger partial charge in [-0.25, -0.2) is 9.13 Å². The van der Waals surface area contributed by atoms with Crippen molar-refractivity contribution in [2.75, 3.05) is 39.6 Å². The molecule has 0 bridgehead atoms. The Morgan fingerprint density at radius 3 is 0.724 bits per heavy atom. The molecule has 0 saturated carbocycles. The van der Waals surface area contributed by atoms with E-state index in [4.69, 9.17) is 37.0 Å². The fourth-order valence-electron chi connectivity index (χ4n) is 13.3. The molecule has 17 nitrogen and oxygen atoms in total. The number of hydrogen-bond donors (Lipinski definition) is 3. The predicted molar refractivity (Wildman–Crippen MR) is 432 cm³/mol. The monoisotopic (exact) mass is 1540 g/mol. The van der Waals surface area contributed by atoms with E-state index in [1.54, 1.807) is 0 Å². The summed E-state index contributed by atoms with van der Waals surface area (Å²) in [5.74, 6) is 0.257. The molecule has 19 heteroatoms. The minimum absolute atomic E-state index is 0.107. The Labute approximate surface area is 645 Å². The second kappa shape index (κ2) is 76.1. The first-order valence-electron chi connectivity index (χ1n) is 44.4. The van der Waals surface area contributed by atoms with Gasteiger partial charge in [-0.1, -0.05) is 402 Å². The van der Waals surface area contributed by atoms with Crippen LogP contribution in [0.3, 0.4) is 0 Å². The molecule has 0 saturated heterocycles. The second-order valence-corrected chi connectivity index (χ2v) is 35.0. The number of esters is 4. The molecule has 0 rings (SSSR count). The van der Waals surface area contributed by atoms with Gasteiger partial charge in [0.25, 0.3) is 0 Å². The third kappa shape index (κ3) is 78.5. The smallest absolute Gasteiger partial charge is 0.462 e. The van der Waals surface area contributed by atoms with E-state index in [-0.39, 0.29) is 25.7 Å². The van der Waals surface area contributed by atoms with Crippen LogP contribution in [0.25, 0.3) is 0 Å². The minimum atomic E-state index is -4.97. The number of hydrogen-bond acceptors (Lipinski definition) is 15. The summed E-state index contributed by atoms with van der Waals surface area (Å²) in [6.07, 6.45) is 66.8. The molecule has 0 amide bonds. The molecule has 0 aromatic heterocycles. The summed E-state index contributed by atoms with van der Waals surface area (Å²) < 4.78 is 68.8. The summed E-state index contributed by atoms with van der Waals surface area (Å²) in [7, 11) is -9.93. The number of ether oxygens (including phenoxy) is 4. The molecule has 6 atom stereocenters. The minimum Gasteiger partial charge on any atom is -0.462 e. The summed E-state index contributed by atoms with van der Waals surface area (Å²) in [6.45, 7) is 12.0. The molecule has 105 heavy (non-hydrogen) atoms. The predicted octanol–water partition coefficient (Wildman–Crippen LogP) is 26.1. The lowest BCUT2D eigenvalue weighted by Crippen LogP contribution is -2.30. The van der Waals surface area contributed by atoms with Crippen molar-refractivity contribution in [3.8, 4) is 0 Å². The van der Waals surface area contributed by atoms with E-state index in [9.17, 15) is 43.2 Å². The number of rotatable bonds is 84. The molecular formula is C86H168O17P2. The maximum Gasteiger partial charge on any atom is 0.472 e. The third-order valence-corrected chi connectivity index (χ3v) is 22.4. The van der Waals surface area contributed by atoms with E-state index >= 15 is 0 Å². The Kier molecular flexibility index (Phi) is 74.7. The first-order chi connectivity index (χ1) is 50.8. The van der Waals surface area contributed by atoms with E-state index in [1.807, 2.05) is 0 Å². The van der Waals surface area contributed by atoms with Gasteiger partial charge in [-0.05, 0) is 43.4 Å². The van der Waals surface area contributed by atoms with Crippen LogP contribution in [0.2, 0.25) is 0 Å². The van der Waals surface area contributed by atoms with Gasteiger partial charge in [-0.3, -0.25) is 37.3 Å². The van der Waals surface area contributed by atoms with E-state index < -0.39 is 97.5 Å². The Balaban J connectivity index is 5.21. The van der Waals surface area contributed by atoms with Gasteiger partial charge in [0.1, 0.15) is 19.3 Å². The molecule has 0 aromatic carbocycles. The molecule has 0 aromatic rings. The first kappa shape index (κ1) is 103. The number of aliphatic hydroxyl groups is 1. The SMILES string of the molecule is CCCCCCCCCCCCCCCCCC(=O)O[C@H](COC(=O)CCCCCCCCC(C)C)COP(=O)(O)OC[C@H](O)COP(=O)(O)OC[C@@H](COC(=O)CCCCCCCCCCCCCCCCCCC(C)C)OC(=O)CCCCCCCCCCCCCCCCCCCCC(C)CC. The maximum absolute atomic E-state index is 13.1. The third-order valence-electron chi connectivity index (χ3n) is 20.5. The van der Waals surface area contributed by atoms with Gasteiger partial charge in [0.05, 0.1) is 26.4 Å². The van der Waals surface area contributed by atoms with Gasteiger partial charge in [-0.2, -0.15) is 0 Å². The first-order valence-corrected chi connectivity index (χ1v) is 47.4. The summed E-state index contributed by atoms with van der Waals surface area (Å²) in [5, 5.41) is 10.7. The maximum atomic E-state index is 13.1. The number of phosphoric acid groups is 2. The van der Waals surface area contributed by atoms with Crippen LogP contribution >= 0.6 is 15.6 Å². The highest BCUT2D eigenvalue weighted by molar-refractivity contribution is 7.47. The zero-order valence-electron chi connectivity index (χ0n) is 69.2. The molecule has 0 aliphatic carbocycles. The van der Waals surface area contributed by atoms with Crippen molar-refractivity contribution in [2.24, 2.45) is 17.8 Å². The van der Waals surface area contributed by atoms with Gasteiger partial charge < -0.3 is 33.8 Å². The van der Waals surface area contributed by atoms with E-state index in [1.165, 1.54) is 257 Å².